The van der Waals surface area contributed by atoms with E-state index in [0.29, 0.717) is 18.9 Å². The maximum Gasteiger partial charge on any atom is 0.242 e. The quantitative estimate of drug-likeness (QED) is 0.821. The van der Waals surface area contributed by atoms with Crippen molar-refractivity contribution >= 4 is 11.9 Å². The molecule has 1 rings (SSSR count). The highest BCUT2D eigenvalue weighted by molar-refractivity contribution is 5.76. The Kier molecular flexibility index (Phi) is 5.48. The molecule has 0 atom stereocenters. The standard InChI is InChI=1S/C12H21N5O/c1-5-17(6-2)11(18)7-8-13-12-14-9(3)10(4)15-16-12/h5-8H2,1-4H3,(H,13,14,16). The van der Waals surface area contributed by atoms with E-state index in [1.54, 1.807) is 4.90 Å². The van der Waals surface area contributed by atoms with Crippen molar-refractivity contribution in [3.05, 3.63) is 11.4 Å². The minimum absolute atomic E-state index is 0.143. The average Bonchev–Trinajstić information content (AvgIpc) is 2.35. The molecule has 0 aromatic carbocycles. The third-order valence-corrected chi connectivity index (χ3v) is 2.83. The summed E-state index contributed by atoms with van der Waals surface area (Å²) in [5.74, 6) is 0.620. The van der Waals surface area contributed by atoms with Gasteiger partial charge in [-0.05, 0) is 27.7 Å². The van der Waals surface area contributed by atoms with Crippen LogP contribution < -0.4 is 5.32 Å². The Morgan fingerprint density at radius 1 is 1.17 bits per heavy atom. The van der Waals surface area contributed by atoms with Gasteiger partial charge >= 0.3 is 0 Å². The lowest BCUT2D eigenvalue weighted by molar-refractivity contribution is -0.130. The van der Waals surface area contributed by atoms with Crippen LogP contribution in [0.15, 0.2) is 0 Å². The molecule has 0 saturated carbocycles. The van der Waals surface area contributed by atoms with Crippen LogP contribution in [-0.4, -0.2) is 45.6 Å². The highest BCUT2D eigenvalue weighted by Gasteiger charge is 2.09. The number of anilines is 1. The molecule has 0 aliphatic heterocycles. The zero-order valence-electron chi connectivity index (χ0n) is 11.5. The molecule has 0 bridgehead atoms. The van der Waals surface area contributed by atoms with Gasteiger partial charge in [0.25, 0.3) is 0 Å². The van der Waals surface area contributed by atoms with E-state index in [-0.39, 0.29) is 5.91 Å². The predicted molar refractivity (Wildman–Crippen MR) is 70.3 cm³/mol. The van der Waals surface area contributed by atoms with Gasteiger partial charge in [0.1, 0.15) is 0 Å². The first-order valence-corrected chi connectivity index (χ1v) is 6.28. The number of amides is 1. The summed E-state index contributed by atoms with van der Waals surface area (Å²) in [5.41, 5.74) is 1.67. The van der Waals surface area contributed by atoms with Gasteiger partial charge in [0.05, 0.1) is 11.4 Å². The fourth-order valence-corrected chi connectivity index (χ4v) is 1.55. The second-order valence-corrected chi connectivity index (χ2v) is 4.05. The van der Waals surface area contributed by atoms with Crippen molar-refractivity contribution in [1.29, 1.82) is 0 Å². The molecule has 1 N–H and O–H groups in total. The number of carbonyl (C=O) groups excluding carboxylic acids is 1. The molecular weight excluding hydrogens is 230 g/mol. The first kappa shape index (κ1) is 14.3. The van der Waals surface area contributed by atoms with Crippen molar-refractivity contribution < 1.29 is 4.79 Å². The van der Waals surface area contributed by atoms with Crippen LogP contribution in [0.4, 0.5) is 5.95 Å². The van der Waals surface area contributed by atoms with Gasteiger partial charge in [0.2, 0.25) is 11.9 Å². The first-order valence-electron chi connectivity index (χ1n) is 6.28. The molecule has 0 fully saturated rings. The normalized spacial score (nSPS) is 10.2. The fraction of sp³-hybridized carbons (Fsp3) is 0.667. The lowest BCUT2D eigenvalue weighted by atomic mass is 10.3. The molecule has 0 spiro atoms. The number of carbonyl (C=O) groups is 1. The van der Waals surface area contributed by atoms with Gasteiger partial charge in [0.15, 0.2) is 0 Å². The van der Waals surface area contributed by atoms with E-state index in [2.05, 4.69) is 20.5 Å². The molecule has 6 nitrogen and oxygen atoms in total. The summed E-state index contributed by atoms with van der Waals surface area (Å²) in [6, 6.07) is 0. The van der Waals surface area contributed by atoms with E-state index in [4.69, 9.17) is 0 Å². The third-order valence-electron chi connectivity index (χ3n) is 2.83. The molecule has 6 heteroatoms. The molecule has 1 heterocycles. The molecule has 0 saturated heterocycles. The second kappa shape index (κ2) is 6.88. The van der Waals surface area contributed by atoms with E-state index in [0.717, 1.165) is 24.5 Å². The maximum absolute atomic E-state index is 11.7. The van der Waals surface area contributed by atoms with Crippen LogP contribution in [0.1, 0.15) is 31.7 Å². The molecule has 0 aliphatic rings. The van der Waals surface area contributed by atoms with Crippen molar-refractivity contribution in [3.63, 3.8) is 0 Å². The summed E-state index contributed by atoms with van der Waals surface area (Å²) in [5, 5.41) is 10.9. The van der Waals surface area contributed by atoms with Crippen LogP contribution in [0.2, 0.25) is 0 Å². The SMILES string of the molecule is CCN(CC)C(=O)CCNc1nnc(C)c(C)n1. The number of aryl methyl sites for hydroxylation is 2. The molecule has 1 aromatic rings. The first-order chi connectivity index (χ1) is 8.58. The van der Waals surface area contributed by atoms with Crippen LogP contribution in [0.5, 0.6) is 0 Å². The highest BCUT2D eigenvalue weighted by Crippen LogP contribution is 2.02. The number of hydrogen-bond donors (Lipinski definition) is 1. The molecular formula is C12H21N5O. The lowest BCUT2D eigenvalue weighted by Crippen LogP contribution is -2.31. The maximum atomic E-state index is 11.7. The summed E-state index contributed by atoms with van der Waals surface area (Å²) in [6.07, 6.45) is 0.442. The van der Waals surface area contributed by atoms with E-state index in [9.17, 15) is 4.79 Å². The summed E-state index contributed by atoms with van der Waals surface area (Å²) < 4.78 is 0. The monoisotopic (exact) mass is 251 g/mol. The summed E-state index contributed by atoms with van der Waals surface area (Å²) >= 11 is 0. The van der Waals surface area contributed by atoms with Gasteiger partial charge in [-0.3, -0.25) is 4.79 Å². The molecule has 100 valence electrons. The number of nitrogens with zero attached hydrogens (tertiary/aromatic N) is 4. The molecule has 18 heavy (non-hydrogen) atoms. The molecule has 0 unspecified atom stereocenters. The summed E-state index contributed by atoms with van der Waals surface area (Å²) in [4.78, 5) is 17.8. The Labute approximate surface area is 108 Å². The van der Waals surface area contributed by atoms with Crippen LogP contribution in [0.3, 0.4) is 0 Å². The summed E-state index contributed by atoms with van der Waals surface area (Å²) in [7, 11) is 0. The fourth-order valence-electron chi connectivity index (χ4n) is 1.55. The van der Waals surface area contributed by atoms with Crippen molar-refractivity contribution in [2.45, 2.75) is 34.1 Å². The van der Waals surface area contributed by atoms with Gasteiger partial charge in [0, 0.05) is 26.1 Å². The van der Waals surface area contributed by atoms with E-state index in [1.807, 2.05) is 27.7 Å². The second-order valence-electron chi connectivity index (χ2n) is 4.05. The molecule has 0 aliphatic carbocycles. The Bertz CT molecular complexity index is 403. The van der Waals surface area contributed by atoms with Crippen molar-refractivity contribution in [3.8, 4) is 0 Å². The molecule has 0 radical (unpaired) electrons. The van der Waals surface area contributed by atoms with Gasteiger partial charge in [-0.25, -0.2) is 4.98 Å². The minimum Gasteiger partial charge on any atom is -0.352 e. The van der Waals surface area contributed by atoms with E-state index >= 15 is 0 Å². The van der Waals surface area contributed by atoms with E-state index < -0.39 is 0 Å². The number of nitrogens with one attached hydrogen (secondary N) is 1. The van der Waals surface area contributed by atoms with Crippen LogP contribution >= 0.6 is 0 Å². The van der Waals surface area contributed by atoms with Crippen LogP contribution in [0, 0.1) is 13.8 Å². The smallest absolute Gasteiger partial charge is 0.242 e. The Morgan fingerprint density at radius 2 is 1.83 bits per heavy atom. The van der Waals surface area contributed by atoms with Gasteiger partial charge < -0.3 is 10.2 Å². The number of rotatable bonds is 6. The number of hydrogen-bond acceptors (Lipinski definition) is 5. The van der Waals surface area contributed by atoms with Gasteiger partial charge in [-0.15, -0.1) is 5.10 Å². The average molecular weight is 251 g/mol. The molecule has 1 amide bonds. The minimum atomic E-state index is 0.143. The molecule has 1 aromatic heterocycles. The highest BCUT2D eigenvalue weighted by atomic mass is 16.2. The largest absolute Gasteiger partial charge is 0.352 e. The zero-order valence-corrected chi connectivity index (χ0v) is 11.5. The Hall–Kier alpha value is -1.72. The lowest BCUT2D eigenvalue weighted by Gasteiger charge is -2.18. The van der Waals surface area contributed by atoms with Crippen molar-refractivity contribution in [2.75, 3.05) is 25.0 Å². The van der Waals surface area contributed by atoms with E-state index in [1.165, 1.54) is 0 Å². The van der Waals surface area contributed by atoms with Crippen molar-refractivity contribution in [2.24, 2.45) is 0 Å². The van der Waals surface area contributed by atoms with Crippen molar-refractivity contribution in [1.82, 2.24) is 20.1 Å². The summed E-state index contributed by atoms with van der Waals surface area (Å²) in [6.45, 7) is 9.73. The van der Waals surface area contributed by atoms with Gasteiger partial charge in [-0.1, -0.05) is 0 Å². The number of aromatic nitrogens is 3. The Balaban J connectivity index is 2.41. The van der Waals surface area contributed by atoms with Crippen LogP contribution in [-0.2, 0) is 4.79 Å². The topological polar surface area (TPSA) is 71.0 Å². The Morgan fingerprint density at radius 3 is 2.39 bits per heavy atom. The van der Waals surface area contributed by atoms with Crippen LogP contribution in [0.25, 0.3) is 0 Å². The zero-order chi connectivity index (χ0) is 13.5. The van der Waals surface area contributed by atoms with Gasteiger partial charge in [-0.2, -0.15) is 5.10 Å². The predicted octanol–water partition coefficient (Wildman–Crippen LogP) is 1.16. The third kappa shape index (κ3) is 3.94.